The minimum Gasteiger partial charge on any atom is -0.319 e. The minimum atomic E-state index is 0.572. The molecule has 1 nitrogen and oxygen atoms in total. The molecule has 1 saturated carbocycles. The number of rotatable bonds is 5. The van der Waals surface area contributed by atoms with Crippen molar-refractivity contribution < 1.29 is 0 Å². The zero-order valence-corrected chi connectivity index (χ0v) is 12.5. The topological polar surface area (TPSA) is 12.0 Å². The summed E-state index contributed by atoms with van der Waals surface area (Å²) in [7, 11) is 2.03. The van der Waals surface area contributed by atoms with E-state index in [0.717, 1.165) is 17.5 Å². The summed E-state index contributed by atoms with van der Waals surface area (Å²) in [6.45, 7) is 1.02. The second-order valence-electron chi connectivity index (χ2n) is 5.63. The van der Waals surface area contributed by atoms with Gasteiger partial charge in [-0.15, -0.1) is 0 Å². The highest BCUT2D eigenvalue weighted by molar-refractivity contribution is 6.30. The zero-order valence-electron chi connectivity index (χ0n) is 11.7. The monoisotopic (exact) mass is 285 g/mol. The van der Waals surface area contributed by atoms with E-state index in [0.29, 0.717) is 11.8 Å². The Hall–Kier alpha value is -1.31. The fourth-order valence-corrected chi connectivity index (χ4v) is 3.32. The van der Waals surface area contributed by atoms with Crippen LogP contribution in [0.2, 0.25) is 5.02 Å². The summed E-state index contributed by atoms with van der Waals surface area (Å²) in [6, 6.07) is 19.2. The van der Waals surface area contributed by atoms with Gasteiger partial charge in [0.25, 0.3) is 0 Å². The Labute approximate surface area is 126 Å². The van der Waals surface area contributed by atoms with Crippen molar-refractivity contribution in [2.45, 2.75) is 18.3 Å². The highest BCUT2D eigenvalue weighted by Gasteiger charge is 2.43. The van der Waals surface area contributed by atoms with Gasteiger partial charge in [0.15, 0.2) is 0 Å². The van der Waals surface area contributed by atoms with Gasteiger partial charge in [-0.1, -0.05) is 54.1 Å². The van der Waals surface area contributed by atoms with Crippen LogP contribution < -0.4 is 5.32 Å². The first-order valence-corrected chi connectivity index (χ1v) is 7.62. The Morgan fingerprint density at radius 2 is 1.80 bits per heavy atom. The molecule has 1 N–H and O–H groups in total. The third-order valence-corrected chi connectivity index (χ3v) is 4.56. The number of likely N-dealkylation sites (N-methyl/N-ethyl adjacent to an activating group) is 1. The maximum atomic E-state index is 6.00. The van der Waals surface area contributed by atoms with Gasteiger partial charge < -0.3 is 5.32 Å². The van der Waals surface area contributed by atoms with Crippen LogP contribution in [0.15, 0.2) is 54.6 Å². The van der Waals surface area contributed by atoms with E-state index in [1.807, 2.05) is 19.2 Å². The van der Waals surface area contributed by atoms with Crippen molar-refractivity contribution in [1.82, 2.24) is 5.32 Å². The van der Waals surface area contributed by atoms with Crippen LogP contribution in [0.4, 0.5) is 0 Å². The molecule has 2 heteroatoms. The summed E-state index contributed by atoms with van der Waals surface area (Å²) in [6.07, 6.45) is 1.29. The second-order valence-corrected chi connectivity index (χ2v) is 6.07. The van der Waals surface area contributed by atoms with Crippen LogP contribution in [-0.4, -0.2) is 13.6 Å². The van der Waals surface area contributed by atoms with Crippen LogP contribution in [0.3, 0.4) is 0 Å². The van der Waals surface area contributed by atoms with Gasteiger partial charge in [0.2, 0.25) is 0 Å². The van der Waals surface area contributed by atoms with Crippen molar-refractivity contribution in [1.29, 1.82) is 0 Å². The number of benzene rings is 2. The molecule has 1 aliphatic rings. The first kappa shape index (κ1) is 13.7. The fraction of sp³-hybridized carbons (Fsp3) is 0.333. The largest absolute Gasteiger partial charge is 0.319 e. The second kappa shape index (κ2) is 5.99. The van der Waals surface area contributed by atoms with Crippen LogP contribution in [0.25, 0.3) is 0 Å². The van der Waals surface area contributed by atoms with E-state index in [9.17, 15) is 0 Å². The first-order valence-electron chi connectivity index (χ1n) is 7.24. The molecule has 3 rings (SSSR count). The minimum absolute atomic E-state index is 0.572. The van der Waals surface area contributed by atoms with Gasteiger partial charge in [-0.05, 0) is 54.5 Å². The number of hydrogen-bond donors (Lipinski definition) is 1. The lowest BCUT2D eigenvalue weighted by molar-refractivity contribution is 0.555. The first-order chi connectivity index (χ1) is 9.79. The molecular formula is C18H20ClN. The average Bonchev–Trinajstić information content (AvgIpc) is 3.27. The quantitative estimate of drug-likeness (QED) is 0.856. The lowest BCUT2D eigenvalue weighted by atomic mass is 9.91. The lowest BCUT2D eigenvalue weighted by Gasteiger charge is -2.17. The van der Waals surface area contributed by atoms with E-state index in [2.05, 4.69) is 47.8 Å². The molecule has 0 saturated heterocycles. The Morgan fingerprint density at radius 3 is 2.45 bits per heavy atom. The van der Waals surface area contributed by atoms with Gasteiger partial charge in [0.05, 0.1) is 0 Å². The molecule has 2 aromatic rings. The molecule has 0 bridgehead atoms. The molecule has 0 heterocycles. The SMILES string of the molecule is CNCC(c1ccc(Cl)cc1)C1CC1c1ccccc1. The van der Waals surface area contributed by atoms with E-state index in [4.69, 9.17) is 11.6 Å². The van der Waals surface area contributed by atoms with Gasteiger partial charge in [-0.3, -0.25) is 0 Å². The maximum Gasteiger partial charge on any atom is 0.0406 e. The van der Waals surface area contributed by atoms with Crippen LogP contribution in [0.1, 0.15) is 29.4 Å². The van der Waals surface area contributed by atoms with Crippen molar-refractivity contribution in [3.63, 3.8) is 0 Å². The Kier molecular flexibility index (Phi) is 4.09. The van der Waals surface area contributed by atoms with E-state index in [-0.39, 0.29) is 0 Å². The van der Waals surface area contributed by atoms with Crippen LogP contribution >= 0.6 is 11.6 Å². The van der Waals surface area contributed by atoms with Gasteiger partial charge in [-0.2, -0.15) is 0 Å². The lowest BCUT2D eigenvalue weighted by Crippen LogP contribution is -2.19. The van der Waals surface area contributed by atoms with E-state index in [1.54, 1.807) is 0 Å². The molecule has 3 atom stereocenters. The molecule has 3 unspecified atom stereocenters. The molecule has 1 fully saturated rings. The molecule has 104 valence electrons. The molecule has 0 spiro atoms. The van der Waals surface area contributed by atoms with Gasteiger partial charge in [0.1, 0.15) is 0 Å². The van der Waals surface area contributed by atoms with E-state index >= 15 is 0 Å². The normalized spacial score (nSPS) is 22.5. The average molecular weight is 286 g/mol. The highest BCUT2D eigenvalue weighted by Crippen LogP contribution is 2.54. The van der Waals surface area contributed by atoms with Gasteiger partial charge in [-0.25, -0.2) is 0 Å². The fourth-order valence-electron chi connectivity index (χ4n) is 3.19. The summed E-state index contributed by atoms with van der Waals surface area (Å²) in [5, 5.41) is 4.15. The molecule has 0 aliphatic heterocycles. The van der Waals surface area contributed by atoms with Crippen LogP contribution in [0.5, 0.6) is 0 Å². The third kappa shape index (κ3) is 2.89. The van der Waals surface area contributed by atoms with Gasteiger partial charge >= 0.3 is 0 Å². The van der Waals surface area contributed by atoms with Crippen LogP contribution in [-0.2, 0) is 0 Å². The summed E-state index contributed by atoms with van der Waals surface area (Å²) in [5.41, 5.74) is 2.87. The number of nitrogens with one attached hydrogen (secondary N) is 1. The summed E-state index contributed by atoms with van der Waals surface area (Å²) < 4.78 is 0. The molecule has 2 aromatic carbocycles. The Bertz CT molecular complexity index is 549. The standard InChI is InChI=1S/C18H20ClN/c1-20-12-18(14-7-9-15(19)10-8-14)17-11-16(17)13-5-3-2-4-6-13/h2-10,16-18,20H,11-12H2,1H3. The van der Waals surface area contributed by atoms with Crippen molar-refractivity contribution in [3.05, 3.63) is 70.7 Å². The summed E-state index contributed by atoms with van der Waals surface area (Å²) in [5.74, 6) is 2.03. The third-order valence-electron chi connectivity index (χ3n) is 4.31. The predicted octanol–water partition coefficient (Wildman–Crippen LogP) is 4.45. The predicted molar refractivity (Wildman–Crippen MR) is 85.4 cm³/mol. The number of halogens is 1. The van der Waals surface area contributed by atoms with E-state index < -0.39 is 0 Å². The zero-order chi connectivity index (χ0) is 13.9. The summed E-state index contributed by atoms with van der Waals surface area (Å²) >= 11 is 6.00. The molecule has 20 heavy (non-hydrogen) atoms. The van der Waals surface area contributed by atoms with Crippen molar-refractivity contribution in [2.75, 3.05) is 13.6 Å². The van der Waals surface area contributed by atoms with Gasteiger partial charge in [0, 0.05) is 11.6 Å². The van der Waals surface area contributed by atoms with Crippen molar-refractivity contribution in [2.24, 2.45) is 5.92 Å². The van der Waals surface area contributed by atoms with Crippen molar-refractivity contribution in [3.8, 4) is 0 Å². The smallest absolute Gasteiger partial charge is 0.0406 e. The Balaban J connectivity index is 1.78. The molecule has 0 amide bonds. The number of hydrogen-bond acceptors (Lipinski definition) is 1. The summed E-state index contributed by atoms with van der Waals surface area (Å²) in [4.78, 5) is 0. The molecule has 0 aromatic heterocycles. The Morgan fingerprint density at radius 1 is 1.10 bits per heavy atom. The molecule has 1 aliphatic carbocycles. The highest BCUT2D eigenvalue weighted by atomic mass is 35.5. The molecule has 0 radical (unpaired) electrons. The maximum absolute atomic E-state index is 6.00. The van der Waals surface area contributed by atoms with Crippen LogP contribution in [0, 0.1) is 5.92 Å². The van der Waals surface area contributed by atoms with E-state index in [1.165, 1.54) is 17.5 Å². The van der Waals surface area contributed by atoms with Crippen molar-refractivity contribution >= 4 is 11.6 Å². The molecular weight excluding hydrogens is 266 g/mol.